The van der Waals surface area contributed by atoms with Crippen LogP contribution in [-0.2, 0) is 16.0 Å². The van der Waals surface area contributed by atoms with Gasteiger partial charge in [0.25, 0.3) is 0 Å². The fourth-order valence-corrected chi connectivity index (χ4v) is 3.38. The van der Waals surface area contributed by atoms with Crippen LogP contribution in [0.2, 0.25) is 0 Å². The van der Waals surface area contributed by atoms with Crippen LogP contribution in [0.3, 0.4) is 0 Å². The van der Waals surface area contributed by atoms with E-state index >= 15 is 0 Å². The number of benzene rings is 1. The molecule has 0 atom stereocenters. The number of nitrogens with zero attached hydrogens (tertiary/aromatic N) is 1. The summed E-state index contributed by atoms with van der Waals surface area (Å²) < 4.78 is 25.0. The van der Waals surface area contributed by atoms with Crippen molar-refractivity contribution in [2.75, 3.05) is 25.7 Å². The molecule has 0 fully saturated rings. The first-order chi connectivity index (χ1) is 13.3. The Morgan fingerprint density at radius 1 is 1.21 bits per heavy atom. The van der Waals surface area contributed by atoms with Crippen LogP contribution in [-0.4, -0.2) is 32.8 Å². The Labute approximate surface area is 167 Å². The molecular formula is C23H30FNO3. The maximum Gasteiger partial charge on any atom is 0.330 e. The lowest BCUT2D eigenvalue weighted by Gasteiger charge is -2.36. The molecule has 0 saturated carbocycles. The summed E-state index contributed by atoms with van der Waals surface area (Å²) in [6.07, 6.45) is 6.28. The molecule has 0 unspecified atom stereocenters. The summed E-state index contributed by atoms with van der Waals surface area (Å²) in [6.45, 7) is 8.81. The second-order valence-corrected chi connectivity index (χ2v) is 7.29. The molecule has 1 aromatic rings. The van der Waals surface area contributed by atoms with Gasteiger partial charge in [-0.3, -0.25) is 0 Å². The molecule has 1 heterocycles. The molecule has 0 saturated heterocycles. The van der Waals surface area contributed by atoms with Gasteiger partial charge in [0.2, 0.25) is 0 Å². The normalized spacial score (nSPS) is 15.6. The van der Waals surface area contributed by atoms with Crippen LogP contribution in [0.1, 0.15) is 45.2 Å². The smallest absolute Gasteiger partial charge is 0.330 e. The predicted octanol–water partition coefficient (Wildman–Crippen LogP) is 5.23. The van der Waals surface area contributed by atoms with Crippen LogP contribution >= 0.6 is 0 Å². The van der Waals surface area contributed by atoms with Crippen LogP contribution in [0.5, 0.6) is 5.75 Å². The Bertz CT molecular complexity index is 804. The Balaban J connectivity index is 2.40. The van der Waals surface area contributed by atoms with Crippen LogP contribution in [0.4, 0.5) is 10.1 Å². The van der Waals surface area contributed by atoms with E-state index in [-0.39, 0.29) is 5.83 Å². The third-order valence-corrected chi connectivity index (χ3v) is 4.96. The minimum atomic E-state index is -0.461. The third-order valence-electron chi connectivity index (χ3n) is 4.96. The van der Waals surface area contributed by atoms with Crippen LogP contribution in [0, 0.1) is 0 Å². The summed E-state index contributed by atoms with van der Waals surface area (Å²) in [5.41, 5.74) is 4.26. The molecular weight excluding hydrogens is 357 g/mol. The first-order valence-electron chi connectivity index (χ1n) is 9.57. The van der Waals surface area contributed by atoms with E-state index in [4.69, 9.17) is 4.74 Å². The van der Waals surface area contributed by atoms with Crippen LogP contribution in [0.25, 0.3) is 5.57 Å². The first-order valence-corrected chi connectivity index (χ1v) is 9.57. The highest BCUT2D eigenvalue weighted by Crippen LogP contribution is 2.40. The molecule has 0 aromatic heterocycles. The lowest BCUT2D eigenvalue weighted by atomic mass is 9.94. The Kier molecular flexibility index (Phi) is 7.44. The van der Waals surface area contributed by atoms with Crippen molar-refractivity contribution in [3.63, 3.8) is 0 Å². The molecule has 1 aliphatic rings. The molecule has 0 bridgehead atoms. The third kappa shape index (κ3) is 5.03. The predicted molar refractivity (Wildman–Crippen MR) is 112 cm³/mol. The topological polar surface area (TPSA) is 38.8 Å². The SMILES string of the molecule is COC(=O)/C=C(C)/C=C/C(F)=C(/C)c1cc2c(c(OC)c1)N(C(C)C)CCC2. The summed E-state index contributed by atoms with van der Waals surface area (Å²) in [4.78, 5) is 13.6. The van der Waals surface area contributed by atoms with E-state index in [0.717, 1.165) is 36.4 Å². The van der Waals surface area contributed by atoms with Gasteiger partial charge in [0.1, 0.15) is 11.6 Å². The number of hydrogen-bond acceptors (Lipinski definition) is 4. The van der Waals surface area contributed by atoms with Crippen molar-refractivity contribution in [2.45, 2.75) is 46.6 Å². The molecule has 1 aliphatic heterocycles. The molecule has 5 heteroatoms. The van der Waals surface area contributed by atoms with Crippen molar-refractivity contribution in [1.29, 1.82) is 0 Å². The number of carbonyl (C=O) groups is 1. The summed E-state index contributed by atoms with van der Waals surface area (Å²) in [5.74, 6) is -0.0349. The van der Waals surface area contributed by atoms with Crippen molar-refractivity contribution in [1.82, 2.24) is 0 Å². The number of esters is 1. The summed E-state index contributed by atoms with van der Waals surface area (Å²) in [5, 5.41) is 0. The Hall–Kier alpha value is -2.56. The zero-order valence-electron chi connectivity index (χ0n) is 17.6. The van der Waals surface area contributed by atoms with E-state index in [9.17, 15) is 9.18 Å². The number of hydrogen-bond donors (Lipinski definition) is 0. The van der Waals surface area contributed by atoms with Crippen molar-refractivity contribution in [2.24, 2.45) is 0 Å². The van der Waals surface area contributed by atoms with Gasteiger partial charge in [0.05, 0.1) is 19.9 Å². The highest BCUT2D eigenvalue weighted by Gasteiger charge is 2.24. The number of methoxy groups -OCH3 is 2. The zero-order chi connectivity index (χ0) is 20.8. The summed E-state index contributed by atoms with van der Waals surface area (Å²) in [7, 11) is 2.97. The Morgan fingerprint density at radius 3 is 2.54 bits per heavy atom. The van der Waals surface area contributed by atoms with Crippen molar-refractivity contribution in [3.8, 4) is 5.75 Å². The largest absolute Gasteiger partial charge is 0.495 e. The van der Waals surface area contributed by atoms with Crippen LogP contribution in [0.15, 0.2) is 41.8 Å². The monoisotopic (exact) mass is 387 g/mol. The molecule has 2 rings (SSSR count). The van der Waals surface area contributed by atoms with Gasteiger partial charge < -0.3 is 14.4 Å². The van der Waals surface area contributed by atoms with E-state index in [0.29, 0.717) is 17.2 Å². The minimum Gasteiger partial charge on any atom is -0.495 e. The van der Waals surface area contributed by atoms with Crippen LogP contribution < -0.4 is 9.64 Å². The minimum absolute atomic E-state index is 0.351. The van der Waals surface area contributed by atoms with E-state index in [1.807, 2.05) is 6.07 Å². The molecule has 28 heavy (non-hydrogen) atoms. The second kappa shape index (κ2) is 9.58. The van der Waals surface area contributed by atoms with Gasteiger partial charge in [0.15, 0.2) is 0 Å². The van der Waals surface area contributed by atoms with Gasteiger partial charge in [-0.2, -0.15) is 0 Å². The molecule has 0 aliphatic carbocycles. The number of allylic oxidation sites excluding steroid dienone is 5. The van der Waals surface area contributed by atoms with Gasteiger partial charge in [0, 0.05) is 18.7 Å². The van der Waals surface area contributed by atoms with E-state index in [1.54, 1.807) is 27.0 Å². The molecule has 0 spiro atoms. The number of halogens is 1. The summed E-state index contributed by atoms with van der Waals surface area (Å²) >= 11 is 0. The fourth-order valence-electron chi connectivity index (χ4n) is 3.38. The van der Waals surface area contributed by atoms with Gasteiger partial charge in [-0.1, -0.05) is 6.08 Å². The number of carbonyl (C=O) groups excluding carboxylic acids is 1. The maximum absolute atomic E-state index is 14.7. The fraction of sp³-hybridized carbons (Fsp3) is 0.435. The average Bonchev–Trinajstić information content (AvgIpc) is 2.69. The highest BCUT2D eigenvalue weighted by atomic mass is 19.1. The second-order valence-electron chi connectivity index (χ2n) is 7.29. The molecule has 0 N–H and O–H groups in total. The van der Waals surface area contributed by atoms with Crippen molar-refractivity contribution < 1.29 is 18.7 Å². The number of ether oxygens (including phenoxy) is 2. The number of aryl methyl sites for hydroxylation is 1. The van der Waals surface area contributed by atoms with Crippen molar-refractivity contribution in [3.05, 3.63) is 52.9 Å². The average molecular weight is 387 g/mol. The van der Waals surface area contributed by atoms with Gasteiger partial charge >= 0.3 is 5.97 Å². The number of fused-ring (bicyclic) bond motifs is 1. The summed E-state index contributed by atoms with van der Waals surface area (Å²) in [6, 6.07) is 4.34. The van der Waals surface area contributed by atoms with E-state index in [1.165, 1.54) is 24.8 Å². The molecule has 4 nitrogen and oxygen atoms in total. The zero-order valence-corrected chi connectivity index (χ0v) is 17.6. The van der Waals surface area contributed by atoms with E-state index < -0.39 is 5.97 Å². The number of rotatable bonds is 6. The van der Waals surface area contributed by atoms with Gasteiger partial charge in [-0.25, -0.2) is 9.18 Å². The number of anilines is 1. The molecule has 0 amide bonds. The quantitative estimate of drug-likeness (QED) is 0.380. The molecule has 0 radical (unpaired) electrons. The lowest BCUT2D eigenvalue weighted by Crippen LogP contribution is -2.35. The van der Waals surface area contributed by atoms with Gasteiger partial charge in [-0.15, -0.1) is 0 Å². The van der Waals surface area contributed by atoms with E-state index in [2.05, 4.69) is 29.6 Å². The molecule has 1 aromatic carbocycles. The molecule has 152 valence electrons. The van der Waals surface area contributed by atoms with Gasteiger partial charge in [-0.05, 0) is 81.0 Å². The van der Waals surface area contributed by atoms with Crippen molar-refractivity contribution >= 4 is 17.2 Å². The standard InChI is InChI=1S/C23H30FNO3/c1-15(2)25-11-7-8-18-13-19(14-21(27-5)23(18)25)17(4)20(24)10-9-16(3)12-22(26)28-6/h9-10,12-15H,7-8,11H2,1-6H3/b10-9+,16-12+,20-17+. The lowest BCUT2D eigenvalue weighted by molar-refractivity contribution is -0.134. The first kappa shape index (κ1) is 21.7. The Morgan fingerprint density at radius 2 is 1.93 bits per heavy atom. The highest BCUT2D eigenvalue weighted by molar-refractivity contribution is 5.83. The maximum atomic E-state index is 14.7.